The second kappa shape index (κ2) is 8.96. The van der Waals surface area contributed by atoms with E-state index in [4.69, 9.17) is 16.3 Å². The molecule has 0 saturated carbocycles. The lowest BCUT2D eigenvalue weighted by molar-refractivity contribution is -0.120. The number of thiophene rings is 1. The van der Waals surface area contributed by atoms with E-state index in [9.17, 15) is 9.59 Å². The van der Waals surface area contributed by atoms with Gasteiger partial charge < -0.3 is 10.1 Å². The summed E-state index contributed by atoms with van der Waals surface area (Å²) in [4.78, 5) is 28.8. The number of anilines is 2. The summed E-state index contributed by atoms with van der Waals surface area (Å²) in [6, 6.07) is 16.2. The number of carbonyl (C=O) groups excluding carboxylic acids is 2. The van der Waals surface area contributed by atoms with Crippen molar-refractivity contribution in [2.45, 2.75) is 20.3 Å². The predicted octanol–water partition coefficient (Wildman–Crippen LogP) is 5.90. The van der Waals surface area contributed by atoms with Crippen LogP contribution in [0.3, 0.4) is 0 Å². The van der Waals surface area contributed by atoms with Gasteiger partial charge in [-0.05, 0) is 54.6 Å². The Morgan fingerprint density at radius 3 is 2.65 bits per heavy atom. The first-order valence-electron chi connectivity index (χ1n) is 9.92. The van der Waals surface area contributed by atoms with Crippen molar-refractivity contribution in [2.24, 2.45) is 0 Å². The minimum Gasteiger partial charge on any atom is -0.494 e. The zero-order valence-electron chi connectivity index (χ0n) is 17.1. The molecule has 5 nitrogen and oxygen atoms in total. The molecule has 1 N–H and O–H groups in total. The monoisotopic (exact) mass is 452 g/mol. The van der Waals surface area contributed by atoms with Crippen LogP contribution in [-0.4, -0.2) is 18.4 Å². The summed E-state index contributed by atoms with van der Waals surface area (Å²) >= 11 is 7.57. The van der Waals surface area contributed by atoms with Crippen LogP contribution >= 0.6 is 22.9 Å². The maximum Gasteiger partial charge on any atom is 0.282 e. The molecular formula is C24H21ClN2O3S. The maximum atomic E-state index is 13.5. The molecule has 1 aromatic heterocycles. The molecule has 2 aromatic carbocycles. The van der Waals surface area contributed by atoms with Crippen LogP contribution in [0.5, 0.6) is 5.75 Å². The van der Waals surface area contributed by atoms with Crippen LogP contribution in [-0.2, 0) is 9.59 Å². The summed E-state index contributed by atoms with van der Waals surface area (Å²) in [6.07, 6.45) is 0.895. The van der Waals surface area contributed by atoms with Crippen molar-refractivity contribution in [1.29, 1.82) is 0 Å². The molecule has 2 heterocycles. The van der Waals surface area contributed by atoms with Gasteiger partial charge in [-0.2, -0.15) is 0 Å². The third-order valence-electron chi connectivity index (χ3n) is 4.84. The molecule has 0 fully saturated rings. The zero-order valence-corrected chi connectivity index (χ0v) is 18.7. The van der Waals surface area contributed by atoms with Crippen LogP contribution < -0.4 is 15.0 Å². The molecule has 0 spiro atoms. The van der Waals surface area contributed by atoms with E-state index in [0.717, 1.165) is 16.9 Å². The van der Waals surface area contributed by atoms with Gasteiger partial charge in [-0.3, -0.25) is 9.59 Å². The Hall–Kier alpha value is -3.09. The number of imide groups is 1. The molecule has 31 heavy (non-hydrogen) atoms. The lowest BCUT2D eigenvalue weighted by atomic mass is 10.1. The molecule has 0 atom stereocenters. The Balaban J connectivity index is 1.75. The van der Waals surface area contributed by atoms with Gasteiger partial charge in [0.25, 0.3) is 11.8 Å². The first-order valence-corrected chi connectivity index (χ1v) is 11.2. The fraction of sp³-hybridized carbons (Fsp3) is 0.167. The normalized spacial score (nSPS) is 13.8. The number of carbonyl (C=O) groups is 2. The highest BCUT2D eigenvalue weighted by atomic mass is 35.5. The first-order chi connectivity index (χ1) is 15.0. The number of amides is 2. The summed E-state index contributed by atoms with van der Waals surface area (Å²) in [5.74, 6) is -0.0956. The number of aryl methyl sites for hydroxylation is 1. The quantitative estimate of drug-likeness (QED) is 0.454. The van der Waals surface area contributed by atoms with Crippen molar-refractivity contribution in [3.05, 3.63) is 81.1 Å². The van der Waals surface area contributed by atoms with E-state index in [0.29, 0.717) is 34.3 Å². The Kier molecular flexibility index (Phi) is 6.11. The summed E-state index contributed by atoms with van der Waals surface area (Å²) in [7, 11) is 0. The van der Waals surface area contributed by atoms with Crippen molar-refractivity contribution in [3.8, 4) is 5.75 Å². The molecule has 4 rings (SSSR count). The molecule has 0 radical (unpaired) electrons. The second-order valence-electron chi connectivity index (χ2n) is 7.11. The maximum absolute atomic E-state index is 13.5. The Bertz CT molecular complexity index is 1170. The van der Waals surface area contributed by atoms with E-state index >= 15 is 0 Å². The topological polar surface area (TPSA) is 58.6 Å². The van der Waals surface area contributed by atoms with E-state index in [-0.39, 0.29) is 11.6 Å². The van der Waals surface area contributed by atoms with Crippen LogP contribution in [0.1, 0.15) is 23.8 Å². The Morgan fingerprint density at radius 1 is 1.06 bits per heavy atom. The SMILES string of the molecule is CCCOc1cccc(NC2=C(c3cccs3)C(=O)N(c3cc(Cl)ccc3C)C2=O)c1. The van der Waals surface area contributed by atoms with E-state index in [1.807, 2.05) is 55.6 Å². The average molecular weight is 453 g/mol. The van der Waals surface area contributed by atoms with Crippen LogP contribution in [0, 0.1) is 6.92 Å². The number of halogens is 1. The van der Waals surface area contributed by atoms with Gasteiger partial charge in [0.15, 0.2) is 0 Å². The third-order valence-corrected chi connectivity index (χ3v) is 5.96. The highest BCUT2D eigenvalue weighted by Gasteiger charge is 2.41. The molecule has 0 saturated heterocycles. The average Bonchev–Trinajstić information content (AvgIpc) is 3.36. The van der Waals surface area contributed by atoms with E-state index in [1.165, 1.54) is 16.2 Å². The lowest BCUT2D eigenvalue weighted by Crippen LogP contribution is -2.33. The number of nitrogens with one attached hydrogen (secondary N) is 1. The largest absolute Gasteiger partial charge is 0.494 e. The van der Waals surface area contributed by atoms with E-state index in [2.05, 4.69) is 5.32 Å². The van der Waals surface area contributed by atoms with Crippen molar-refractivity contribution in [3.63, 3.8) is 0 Å². The van der Waals surface area contributed by atoms with Crippen LogP contribution in [0.25, 0.3) is 5.57 Å². The zero-order chi connectivity index (χ0) is 22.0. The standard InChI is InChI=1S/C24H21ClN2O3S/c1-3-11-30-18-7-4-6-17(14-18)26-22-21(20-8-5-12-31-20)23(28)27(24(22)29)19-13-16(25)10-9-15(19)2/h4-10,12-14,26H,3,11H2,1-2H3. The summed E-state index contributed by atoms with van der Waals surface area (Å²) in [5.41, 5.74) is 2.52. The second-order valence-corrected chi connectivity index (χ2v) is 8.49. The molecule has 158 valence electrons. The van der Waals surface area contributed by atoms with Crippen molar-refractivity contribution < 1.29 is 14.3 Å². The van der Waals surface area contributed by atoms with Crippen molar-refractivity contribution in [2.75, 3.05) is 16.8 Å². The van der Waals surface area contributed by atoms with Crippen LogP contribution in [0.4, 0.5) is 11.4 Å². The van der Waals surface area contributed by atoms with Gasteiger partial charge in [-0.25, -0.2) is 4.90 Å². The van der Waals surface area contributed by atoms with E-state index < -0.39 is 5.91 Å². The van der Waals surface area contributed by atoms with E-state index in [1.54, 1.807) is 18.2 Å². The number of nitrogens with zero attached hydrogens (tertiary/aromatic N) is 1. The van der Waals surface area contributed by atoms with Gasteiger partial charge in [-0.15, -0.1) is 11.3 Å². The molecule has 0 aliphatic carbocycles. The molecule has 1 aliphatic heterocycles. The fourth-order valence-electron chi connectivity index (χ4n) is 3.37. The molecule has 1 aliphatic rings. The number of hydrogen-bond acceptors (Lipinski definition) is 5. The van der Waals surface area contributed by atoms with Gasteiger partial charge in [-0.1, -0.05) is 36.7 Å². The minimum atomic E-state index is -0.418. The highest BCUT2D eigenvalue weighted by molar-refractivity contribution is 7.11. The Labute approximate surface area is 189 Å². The van der Waals surface area contributed by atoms with Gasteiger partial charge in [0.2, 0.25) is 0 Å². The first kappa shape index (κ1) is 21.2. The van der Waals surface area contributed by atoms with Gasteiger partial charge >= 0.3 is 0 Å². The third kappa shape index (κ3) is 4.22. The van der Waals surface area contributed by atoms with Crippen LogP contribution in [0.15, 0.2) is 65.7 Å². The summed E-state index contributed by atoms with van der Waals surface area (Å²) in [6.45, 7) is 4.48. The van der Waals surface area contributed by atoms with Crippen LogP contribution in [0.2, 0.25) is 5.02 Å². The van der Waals surface area contributed by atoms with Crippen molar-refractivity contribution >= 4 is 51.7 Å². The van der Waals surface area contributed by atoms with Gasteiger partial charge in [0, 0.05) is 21.7 Å². The molecule has 3 aromatic rings. The van der Waals surface area contributed by atoms with Gasteiger partial charge in [0.1, 0.15) is 11.4 Å². The lowest BCUT2D eigenvalue weighted by Gasteiger charge is -2.18. The number of rotatable bonds is 7. The Morgan fingerprint density at radius 2 is 1.90 bits per heavy atom. The molecule has 2 amide bonds. The highest BCUT2D eigenvalue weighted by Crippen LogP contribution is 2.37. The van der Waals surface area contributed by atoms with Crippen molar-refractivity contribution in [1.82, 2.24) is 0 Å². The molecule has 0 bridgehead atoms. The number of ether oxygens (including phenoxy) is 1. The summed E-state index contributed by atoms with van der Waals surface area (Å²) < 4.78 is 5.70. The molecular weight excluding hydrogens is 432 g/mol. The molecule has 0 unspecified atom stereocenters. The minimum absolute atomic E-state index is 0.236. The predicted molar refractivity (Wildman–Crippen MR) is 126 cm³/mol. The summed E-state index contributed by atoms with van der Waals surface area (Å²) in [5, 5.41) is 5.51. The van der Waals surface area contributed by atoms with Gasteiger partial charge in [0.05, 0.1) is 17.9 Å². The smallest absolute Gasteiger partial charge is 0.282 e. The number of benzene rings is 2. The number of hydrogen-bond donors (Lipinski definition) is 1. The fourth-order valence-corrected chi connectivity index (χ4v) is 4.30. The molecule has 7 heteroatoms.